The quantitative estimate of drug-likeness (QED) is 0.527. The van der Waals surface area contributed by atoms with Crippen molar-refractivity contribution in [2.45, 2.75) is 18.9 Å². The number of ether oxygens (including phenoxy) is 1. The zero-order valence-corrected chi connectivity index (χ0v) is 16.0. The Morgan fingerprint density at radius 3 is 2.58 bits per heavy atom. The minimum absolute atomic E-state index is 0.753. The van der Waals surface area contributed by atoms with Crippen molar-refractivity contribution in [3.8, 4) is 0 Å². The van der Waals surface area contributed by atoms with E-state index < -0.39 is 0 Å². The largest absolute Gasteiger partial charge is 0.383 e. The molecule has 1 N–H and O–H groups in total. The van der Waals surface area contributed by atoms with Crippen molar-refractivity contribution in [2.24, 2.45) is 4.99 Å². The first kappa shape index (κ1) is 18.8. The molecule has 0 unspecified atom stereocenters. The van der Waals surface area contributed by atoms with Gasteiger partial charge in [-0.1, -0.05) is 0 Å². The van der Waals surface area contributed by atoms with Gasteiger partial charge in [-0.15, -0.1) is 0 Å². The average molecular weight is 361 g/mol. The second kappa shape index (κ2) is 9.68. The molecule has 3 rings (SSSR count). The third kappa shape index (κ3) is 5.28. The zero-order chi connectivity index (χ0) is 18.2. The van der Waals surface area contributed by atoms with Gasteiger partial charge in [-0.05, 0) is 18.9 Å². The number of hydrogen-bond donors (Lipinski definition) is 1. The summed E-state index contributed by atoms with van der Waals surface area (Å²) >= 11 is 0. The number of nitrogens with one attached hydrogen (secondary N) is 1. The maximum Gasteiger partial charge on any atom is 0.225 e. The monoisotopic (exact) mass is 361 g/mol. The second-order valence-corrected chi connectivity index (χ2v) is 6.76. The molecular formula is C18H31N7O. The number of nitrogens with zero attached hydrogens (tertiary/aromatic N) is 6. The predicted molar refractivity (Wildman–Crippen MR) is 104 cm³/mol. The van der Waals surface area contributed by atoms with Gasteiger partial charge in [0.2, 0.25) is 5.95 Å². The molecule has 2 aliphatic rings. The van der Waals surface area contributed by atoms with E-state index in [1.54, 1.807) is 19.5 Å². The molecule has 8 heteroatoms. The fourth-order valence-electron chi connectivity index (χ4n) is 3.34. The first-order valence-electron chi connectivity index (χ1n) is 9.52. The number of hydrogen-bond acceptors (Lipinski definition) is 6. The molecule has 0 atom stereocenters. The normalized spacial score (nSPS) is 18.5. The van der Waals surface area contributed by atoms with Gasteiger partial charge in [-0.3, -0.25) is 9.89 Å². The van der Waals surface area contributed by atoms with E-state index in [1.165, 1.54) is 12.8 Å². The van der Waals surface area contributed by atoms with Gasteiger partial charge in [0.1, 0.15) is 0 Å². The Bertz CT molecular complexity index is 556. The predicted octanol–water partition coefficient (Wildman–Crippen LogP) is 0.285. The standard InChI is InChI=1S/C18H31N7O/c1-19-17(22-8-9-23(14-15-26-2)16-4-5-16)24-10-12-25(13-11-24)18-20-6-3-7-21-18/h3,6-7,16H,4-5,8-15H2,1-2H3,(H,19,22). The number of piperazine rings is 1. The third-order valence-corrected chi connectivity index (χ3v) is 4.95. The molecule has 144 valence electrons. The van der Waals surface area contributed by atoms with Crippen LogP contribution in [-0.2, 0) is 4.74 Å². The molecule has 1 aromatic rings. The summed E-state index contributed by atoms with van der Waals surface area (Å²) < 4.78 is 5.23. The molecule has 0 amide bonds. The lowest BCUT2D eigenvalue weighted by atomic mass is 10.3. The SMILES string of the molecule is CN=C(NCCN(CCOC)C1CC1)N1CCN(c2ncccn2)CC1. The summed E-state index contributed by atoms with van der Waals surface area (Å²) in [4.78, 5) is 20.2. The summed E-state index contributed by atoms with van der Waals surface area (Å²) in [6.45, 7) is 7.42. The van der Waals surface area contributed by atoms with Crippen LogP contribution in [0.5, 0.6) is 0 Å². The number of guanidine groups is 1. The van der Waals surface area contributed by atoms with E-state index in [2.05, 4.69) is 35.0 Å². The molecule has 1 aliphatic carbocycles. The molecule has 1 saturated carbocycles. The minimum Gasteiger partial charge on any atom is -0.383 e. The Morgan fingerprint density at radius 1 is 1.23 bits per heavy atom. The topological polar surface area (TPSA) is 69.1 Å². The van der Waals surface area contributed by atoms with Gasteiger partial charge in [-0.2, -0.15) is 0 Å². The maximum absolute atomic E-state index is 5.23. The molecule has 2 heterocycles. The van der Waals surface area contributed by atoms with Gasteiger partial charge in [0.15, 0.2) is 5.96 Å². The highest BCUT2D eigenvalue weighted by atomic mass is 16.5. The van der Waals surface area contributed by atoms with Crippen LogP contribution >= 0.6 is 0 Å². The van der Waals surface area contributed by atoms with Crippen molar-refractivity contribution in [2.75, 3.05) is 71.5 Å². The van der Waals surface area contributed by atoms with Gasteiger partial charge < -0.3 is 19.9 Å². The van der Waals surface area contributed by atoms with Crippen LogP contribution < -0.4 is 10.2 Å². The minimum atomic E-state index is 0.753. The van der Waals surface area contributed by atoms with E-state index in [4.69, 9.17) is 4.74 Å². The molecular weight excluding hydrogens is 330 g/mol. The summed E-state index contributed by atoms with van der Waals surface area (Å²) in [5.41, 5.74) is 0. The fourth-order valence-corrected chi connectivity index (χ4v) is 3.34. The molecule has 0 bridgehead atoms. The van der Waals surface area contributed by atoms with E-state index in [0.29, 0.717) is 0 Å². The molecule has 2 fully saturated rings. The van der Waals surface area contributed by atoms with E-state index in [1.807, 2.05) is 13.1 Å². The molecule has 1 aromatic heterocycles. The molecule has 26 heavy (non-hydrogen) atoms. The van der Waals surface area contributed by atoms with Gasteiger partial charge in [0.05, 0.1) is 6.61 Å². The van der Waals surface area contributed by atoms with Crippen molar-refractivity contribution >= 4 is 11.9 Å². The van der Waals surface area contributed by atoms with E-state index in [-0.39, 0.29) is 0 Å². The third-order valence-electron chi connectivity index (χ3n) is 4.95. The highest BCUT2D eigenvalue weighted by Crippen LogP contribution is 2.26. The van der Waals surface area contributed by atoms with Crippen molar-refractivity contribution in [3.05, 3.63) is 18.5 Å². The van der Waals surface area contributed by atoms with E-state index in [0.717, 1.165) is 70.4 Å². The van der Waals surface area contributed by atoms with Crippen LogP contribution in [0, 0.1) is 0 Å². The lowest BCUT2D eigenvalue weighted by molar-refractivity contribution is 0.144. The first-order valence-corrected chi connectivity index (χ1v) is 9.52. The highest BCUT2D eigenvalue weighted by molar-refractivity contribution is 5.80. The Kier molecular flexibility index (Phi) is 7.02. The molecule has 0 spiro atoms. The molecule has 1 saturated heterocycles. The van der Waals surface area contributed by atoms with Crippen LogP contribution in [0.1, 0.15) is 12.8 Å². The Labute approximate surface area is 156 Å². The summed E-state index contributed by atoms with van der Waals surface area (Å²) in [7, 11) is 3.63. The fraction of sp³-hybridized carbons (Fsp3) is 0.722. The van der Waals surface area contributed by atoms with Gasteiger partial charge >= 0.3 is 0 Å². The van der Waals surface area contributed by atoms with Crippen molar-refractivity contribution in [1.82, 2.24) is 25.1 Å². The van der Waals surface area contributed by atoms with Crippen LogP contribution in [0.15, 0.2) is 23.5 Å². The lowest BCUT2D eigenvalue weighted by Gasteiger charge is -2.36. The highest BCUT2D eigenvalue weighted by Gasteiger charge is 2.28. The Hall–Kier alpha value is -1.93. The van der Waals surface area contributed by atoms with Crippen molar-refractivity contribution < 1.29 is 4.74 Å². The van der Waals surface area contributed by atoms with Crippen LogP contribution in [0.25, 0.3) is 0 Å². The molecule has 0 aromatic carbocycles. The van der Waals surface area contributed by atoms with Gasteiger partial charge in [0, 0.05) is 78.4 Å². The maximum atomic E-state index is 5.23. The average Bonchev–Trinajstić information content (AvgIpc) is 3.54. The van der Waals surface area contributed by atoms with Gasteiger partial charge in [0.25, 0.3) is 0 Å². The van der Waals surface area contributed by atoms with Crippen LogP contribution in [0.4, 0.5) is 5.95 Å². The molecule has 1 aliphatic heterocycles. The summed E-state index contributed by atoms with van der Waals surface area (Å²) in [5, 5.41) is 3.53. The number of rotatable bonds is 8. The number of anilines is 1. The lowest BCUT2D eigenvalue weighted by Crippen LogP contribution is -2.53. The van der Waals surface area contributed by atoms with Crippen LogP contribution in [0.2, 0.25) is 0 Å². The smallest absolute Gasteiger partial charge is 0.225 e. The number of methoxy groups -OCH3 is 1. The summed E-state index contributed by atoms with van der Waals surface area (Å²) in [6.07, 6.45) is 6.23. The van der Waals surface area contributed by atoms with Gasteiger partial charge in [-0.25, -0.2) is 9.97 Å². The summed E-state index contributed by atoms with van der Waals surface area (Å²) in [6, 6.07) is 2.60. The zero-order valence-electron chi connectivity index (χ0n) is 16.0. The summed E-state index contributed by atoms with van der Waals surface area (Å²) in [5.74, 6) is 1.80. The van der Waals surface area contributed by atoms with Crippen molar-refractivity contribution in [3.63, 3.8) is 0 Å². The van der Waals surface area contributed by atoms with Crippen LogP contribution in [-0.4, -0.2) is 98.3 Å². The number of aromatic nitrogens is 2. The van der Waals surface area contributed by atoms with E-state index in [9.17, 15) is 0 Å². The Morgan fingerprint density at radius 2 is 1.96 bits per heavy atom. The van der Waals surface area contributed by atoms with Crippen LogP contribution in [0.3, 0.4) is 0 Å². The first-order chi connectivity index (χ1) is 12.8. The number of aliphatic imine (C=N–C) groups is 1. The van der Waals surface area contributed by atoms with Crippen molar-refractivity contribution in [1.29, 1.82) is 0 Å². The molecule has 0 radical (unpaired) electrons. The Balaban J connectivity index is 1.42. The second-order valence-electron chi connectivity index (χ2n) is 6.76. The van der Waals surface area contributed by atoms with E-state index >= 15 is 0 Å². The molecule has 8 nitrogen and oxygen atoms in total.